The van der Waals surface area contributed by atoms with Gasteiger partial charge in [0, 0.05) is 33.4 Å². The molecule has 2 aromatic heterocycles. The number of benzene rings is 24. The zero-order chi connectivity index (χ0) is 84.0. The molecule has 6 heteroatoms. The Balaban J connectivity index is 0.792. The molecule has 26 aromatic rings. The fraction of sp³-hybridized carbons (Fsp3) is 0. The first-order chi connectivity index (χ1) is 63.4. The average molecular weight is 1620 g/mol. The van der Waals surface area contributed by atoms with Crippen molar-refractivity contribution in [3.8, 4) is 157 Å². The van der Waals surface area contributed by atoms with Gasteiger partial charge in [0.05, 0.1) is 0 Å². The molecule has 6 nitrogen and oxygen atoms in total. The molecule has 0 radical (unpaired) electrons. The van der Waals surface area contributed by atoms with Gasteiger partial charge in [0.25, 0.3) is 0 Å². The van der Waals surface area contributed by atoms with Gasteiger partial charge < -0.3 is 0 Å². The Bertz CT molecular complexity index is 8140. The summed E-state index contributed by atoms with van der Waals surface area (Å²) in [6, 6.07) is 160. The summed E-state index contributed by atoms with van der Waals surface area (Å²) in [6.07, 6.45) is 0. The largest absolute Gasteiger partial charge is 0.208 e. The highest BCUT2D eigenvalue weighted by Gasteiger charge is 2.31. The van der Waals surface area contributed by atoms with Gasteiger partial charge in [0.2, 0.25) is 0 Å². The summed E-state index contributed by atoms with van der Waals surface area (Å²) in [5.41, 5.74) is 23.0. The Morgan fingerprint density at radius 3 is 0.617 bits per heavy atom. The van der Waals surface area contributed by atoms with Crippen LogP contribution in [0.5, 0.6) is 0 Å². The fourth-order valence-electron chi connectivity index (χ4n) is 20.7. The normalized spacial score (nSPS) is 11.9. The van der Waals surface area contributed by atoms with Gasteiger partial charge in [-0.05, 0) is 244 Å². The van der Waals surface area contributed by atoms with Gasteiger partial charge in [0.15, 0.2) is 34.9 Å². The molecule has 0 saturated carbocycles. The Labute approximate surface area is 737 Å². The van der Waals surface area contributed by atoms with E-state index in [0.29, 0.717) is 34.9 Å². The van der Waals surface area contributed by atoms with Crippen LogP contribution in [0.25, 0.3) is 276 Å². The summed E-state index contributed by atoms with van der Waals surface area (Å²) < 4.78 is 0. The minimum Gasteiger partial charge on any atom is -0.208 e. The van der Waals surface area contributed by atoms with E-state index in [1.165, 1.54) is 108 Å². The van der Waals surface area contributed by atoms with Crippen molar-refractivity contribution in [2.24, 2.45) is 0 Å². The van der Waals surface area contributed by atoms with Crippen molar-refractivity contribution >= 4 is 118 Å². The highest BCUT2D eigenvalue weighted by atomic mass is 15.0. The molecule has 0 N–H and O–H groups in total. The van der Waals surface area contributed by atoms with Crippen molar-refractivity contribution in [1.29, 1.82) is 0 Å². The molecule has 0 aliphatic heterocycles. The first-order valence-corrected chi connectivity index (χ1v) is 43.8. The zero-order valence-electron chi connectivity index (χ0n) is 69.3. The van der Waals surface area contributed by atoms with Gasteiger partial charge in [0.1, 0.15) is 0 Å². The molecular formula is C122H72N6. The maximum Gasteiger partial charge on any atom is 0.164 e. The predicted molar refractivity (Wildman–Crippen MR) is 535 cm³/mol. The topological polar surface area (TPSA) is 77.3 Å². The molecule has 590 valence electrons. The molecule has 24 aromatic carbocycles. The molecule has 0 spiro atoms. The minimum atomic E-state index is 0.568. The average Bonchev–Trinajstić information content (AvgIpc) is 0.678. The monoisotopic (exact) mass is 1620 g/mol. The highest BCUT2D eigenvalue weighted by Crippen LogP contribution is 2.58. The van der Waals surface area contributed by atoms with Crippen molar-refractivity contribution < 1.29 is 0 Å². The SMILES string of the molecule is c1ccc(-c2nc(-c3ccccc3)nc(-c3ccc(-c4c(-c5ccc(-c6nc(-c7ccccc7)nc(-c7ccccc7)n6)cc5)c(-c5ccc(-c6cc7ccc8cccc9ccc(c6)c7c89)cc5)c5c6cccc7c8cc(-c9ccccc9)c(-c9ccccc9)cc8c8cccc(c5c4-c4ccc(-c5cc9ccc%10cccc%11ccc(c5)c9c%10%11)cc4)c8c76)cc3)n2)cc1. The Hall–Kier alpha value is -17.1. The van der Waals surface area contributed by atoms with Crippen molar-refractivity contribution in [2.45, 2.75) is 0 Å². The van der Waals surface area contributed by atoms with E-state index in [1.54, 1.807) is 0 Å². The Morgan fingerprint density at radius 1 is 0.109 bits per heavy atom. The van der Waals surface area contributed by atoms with Gasteiger partial charge in [-0.15, -0.1) is 0 Å². The maximum absolute atomic E-state index is 5.35. The van der Waals surface area contributed by atoms with Crippen LogP contribution in [0.15, 0.2) is 437 Å². The molecule has 0 unspecified atom stereocenters. The molecular weight excluding hydrogens is 1550 g/mol. The van der Waals surface area contributed by atoms with Crippen LogP contribution in [0.2, 0.25) is 0 Å². The van der Waals surface area contributed by atoms with Gasteiger partial charge >= 0.3 is 0 Å². The second-order valence-corrected chi connectivity index (χ2v) is 33.8. The summed E-state index contributed by atoms with van der Waals surface area (Å²) in [4.78, 5) is 31.7. The van der Waals surface area contributed by atoms with Crippen LogP contribution in [0.3, 0.4) is 0 Å². The zero-order valence-corrected chi connectivity index (χ0v) is 69.3. The molecule has 128 heavy (non-hydrogen) atoms. The second-order valence-electron chi connectivity index (χ2n) is 33.8. The van der Waals surface area contributed by atoms with Crippen LogP contribution < -0.4 is 0 Å². The van der Waals surface area contributed by atoms with Crippen LogP contribution in [-0.4, -0.2) is 29.9 Å². The van der Waals surface area contributed by atoms with Crippen LogP contribution in [0.1, 0.15) is 0 Å². The lowest BCUT2D eigenvalue weighted by molar-refractivity contribution is 1.07. The molecule has 0 fully saturated rings. The lowest BCUT2D eigenvalue weighted by Crippen LogP contribution is -2.01. The standard InChI is InChI=1S/C122H72N6/c1-7-23-75(24-8-1)101-71-103-97-39-21-41-99-113(97)114-98(104(103)72-102(101)76-25-9-2-10-26-76)40-22-42-100(114)116-112(84-49-45-74(46-50-84)96-69-93-65-57-79-37-20-38-80-58-66-94(70-96)108(93)106(79)80)110(82-53-61-90(62-54-82)122-127-119(87-31-15-5-16-32-87)124-120(128-122)88-33-17-6-18-34-88)109(81-51-59-89(60-52-81)121-125-117(85-27-11-3-12-28-85)123-118(126-121)86-29-13-4-14-30-86)111(115(99)116)83-47-43-73(44-48-83)95-67-91-63-55-77-35-19-36-78-56-64-92(68-95)107(91)105(77)78/h1-72H. The molecule has 0 amide bonds. The predicted octanol–water partition coefficient (Wildman–Crippen LogP) is 32.4. The van der Waals surface area contributed by atoms with Crippen molar-refractivity contribution in [2.75, 3.05) is 0 Å². The lowest BCUT2D eigenvalue weighted by atomic mass is 9.75. The van der Waals surface area contributed by atoms with E-state index < -0.39 is 0 Å². The van der Waals surface area contributed by atoms with E-state index in [2.05, 4.69) is 364 Å². The van der Waals surface area contributed by atoms with Gasteiger partial charge in [-0.25, -0.2) is 29.9 Å². The lowest BCUT2D eigenvalue weighted by Gasteiger charge is -2.28. The summed E-state index contributed by atoms with van der Waals surface area (Å²) in [7, 11) is 0. The van der Waals surface area contributed by atoms with Crippen LogP contribution in [0, 0.1) is 0 Å². The molecule has 0 bridgehead atoms. The number of nitrogens with zero attached hydrogens (tertiary/aromatic N) is 6. The molecule has 2 heterocycles. The van der Waals surface area contributed by atoms with Gasteiger partial charge in [-0.1, -0.05) is 400 Å². The number of hydrogen-bond acceptors (Lipinski definition) is 6. The van der Waals surface area contributed by atoms with Crippen LogP contribution >= 0.6 is 0 Å². The van der Waals surface area contributed by atoms with Crippen LogP contribution in [-0.2, 0) is 0 Å². The van der Waals surface area contributed by atoms with Gasteiger partial charge in [-0.3, -0.25) is 0 Å². The van der Waals surface area contributed by atoms with Crippen LogP contribution in [0.4, 0.5) is 0 Å². The van der Waals surface area contributed by atoms with E-state index >= 15 is 0 Å². The third-order valence-electron chi connectivity index (χ3n) is 26.5. The number of aromatic nitrogens is 6. The molecule has 0 saturated heterocycles. The van der Waals surface area contributed by atoms with Crippen molar-refractivity contribution in [3.63, 3.8) is 0 Å². The van der Waals surface area contributed by atoms with Gasteiger partial charge in [-0.2, -0.15) is 0 Å². The highest BCUT2D eigenvalue weighted by molar-refractivity contribution is 6.44. The Kier molecular flexibility index (Phi) is 16.6. The van der Waals surface area contributed by atoms with E-state index in [9.17, 15) is 0 Å². The molecule has 0 atom stereocenters. The smallest absolute Gasteiger partial charge is 0.164 e. The molecule has 26 rings (SSSR count). The summed E-state index contributed by atoms with van der Waals surface area (Å²) >= 11 is 0. The van der Waals surface area contributed by atoms with E-state index in [-0.39, 0.29) is 0 Å². The fourth-order valence-corrected chi connectivity index (χ4v) is 20.7. The number of fused-ring (bicyclic) bond motifs is 6. The third kappa shape index (κ3) is 11.9. The summed E-state index contributed by atoms with van der Waals surface area (Å²) in [5.74, 6) is 3.51. The van der Waals surface area contributed by atoms with E-state index in [4.69, 9.17) is 29.9 Å². The molecule has 0 aliphatic carbocycles. The number of hydrogen-bond donors (Lipinski definition) is 0. The molecule has 0 aliphatic rings. The quantitative estimate of drug-likeness (QED) is 0.0797. The summed E-state index contributed by atoms with van der Waals surface area (Å²) in [5, 5.41) is 26.8. The second kappa shape index (κ2) is 29.3. The van der Waals surface area contributed by atoms with E-state index in [0.717, 1.165) is 133 Å². The third-order valence-corrected chi connectivity index (χ3v) is 26.5. The first-order valence-electron chi connectivity index (χ1n) is 43.8. The number of rotatable bonds is 14. The summed E-state index contributed by atoms with van der Waals surface area (Å²) in [6.45, 7) is 0. The first kappa shape index (κ1) is 72.6. The Morgan fingerprint density at radius 2 is 0.328 bits per heavy atom. The minimum absolute atomic E-state index is 0.568. The van der Waals surface area contributed by atoms with Crippen molar-refractivity contribution in [3.05, 3.63) is 437 Å². The van der Waals surface area contributed by atoms with Crippen molar-refractivity contribution in [1.82, 2.24) is 29.9 Å². The maximum atomic E-state index is 5.35. The van der Waals surface area contributed by atoms with E-state index in [1.807, 2.05) is 72.8 Å².